The first-order valence-corrected chi connectivity index (χ1v) is 4.88. The molecule has 0 spiro atoms. The van der Waals surface area contributed by atoms with Crippen molar-refractivity contribution in [2.24, 2.45) is 0 Å². The van der Waals surface area contributed by atoms with Crippen LogP contribution in [0.3, 0.4) is 0 Å². The van der Waals surface area contributed by atoms with Crippen molar-refractivity contribution in [2.75, 3.05) is 13.2 Å². The molecule has 0 unspecified atom stereocenters. The zero-order valence-corrected chi connectivity index (χ0v) is 8.92. The smallest absolute Gasteiger partial charge is 0.265 e. The van der Waals surface area contributed by atoms with Gasteiger partial charge in [-0.1, -0.05) is 0 Å². The first kappa shape index (κ1) is 13.1. The monoisotopic (exact) mass is 243 g/mol. The van der Waals surface area contributed by atoms with E-state index in [1.807, 2.05) is 0 Å². The second-order valence-electron chi connectivity index (χ2n) is 3.36. The Hall–Kier alpha value is -1.93. The van der Waals surface area contributed by atoms with Crippen molar-refractivity contribution in [1.29, 1.82) is 0 Å². The van der Waals surface area contributed by atoms with Gasteiger partial charge in [-0.25, -0.2) is 4.68 Å². The minimum absolute atomic E-state index is 0.384. The Kier molecular flexibility index (Phi) is 4.61. The SMILES string of the molecule is O=C(Cn1[nH]c(=O)ccc1=O)NC(CO)CO. The Bertz CT molecular complexity index is 488. The topological polar surface area (TPSA) is 124 Å². The van der Waals surface area contributed by atoms with E-state index >= 15 is 0 Å². The number of aliphatic hydroxyl groups is 2. The Morgan fingerprint density at radius 2 is 2.00 bits per heavy atom. The van der Waals surface area contributed by atoms with Crippen molar-refractivity contribution in [3.8, 4) is 0 Å². The highest BCUT2D eigenvalue weighted by Gasteiger charge is 2.11. The second kappa shape index (κ2) is 5.97. The summed E-state index contributed by atoms with van der Waals surface area (Å²) < 4.78 is 0.837. The molecule has 1 heterocycles. The molecule has 8 nitrogen and oxygen atoms in total. The molecule has 0 saturated heterocycles. The highest BCUT2D eigenvalue weighted by Crippen LogP contribution is 1.81. The number of hydrogen-bond acceptors (Lipinski definition) is 5. The minimum Gasteiger partial charge on any atom is -0.394 e. The first-order valence-electron chi connectivity index (χ1n) is 4.88. The van der Waals surface area contributed by atoms with E-state index in [0.29, 0.717) is 0 Å². The van der Waals surface area contributed by atoms with E-state index in [2.05, 4.69) is 10.4 Å². The van der Waals surface area contributed by atoms with E-state index in [9.17, 15) is 14.4 Å². The molecule has 1 aromatic rings. The normalized spacial score (nSPS) is 10.5. The molecule has 0 atom stereocenters. The summed E-state index contributed by atoms with van der Waals surface area (Å²) in [5.74, 6) is -0.595. The van der Waals surface area contributed by atoms with Crippen LogP contribution in [0.25, 0.3) is 0 Å². The van der Waals surface area contributed by atoms with Crippen LogP contribution in [0, 0.1) is 0 Å². The van der Waals surface area contributed by atoms with Crippen molar-refractivity contribution in [3.63, 3.8) is 0 Å². The van der Waals surface area contributed by atoms with Gasteiger partial charge in [-0.3, -0.25) is 19.5 Å². The van der Waals surface area contributed by atoms with E-state index in [0.717, 1.165) is 16.8 Å². The highest BCUT2D eigenvalue weighted by atomic mass is 16.3. The molecule has 94 valence electrons. The molecule has 17 heavy (non-hydrogen) atoms. The van der Waals surface area contributed by atoms with Crippen LogP contribution in [0.4, 0.5) is 0 Å². The molecular formula is C9H13N3O5. The molecule has 0 radical (unpaired) electrons. The lowest BCUT2D eigenvalue weighted by atomic mass is 10.3. The lowest BCUT2D eigenvalue weighted by molar-refractivity contribution is -0.123. The number of amides is 1. The molecule has 0 aliphatic carbocycles. The van der Waals surface area contributed by atoms with Gasteiger partial charge in [0.15, 0.2) is 0 Å². The maximum atomic E-state index is 11.4. The van der Waals surface area contributed by atoms with Crippen molar-refractivity contribution >= 4 is 5.91 Å². The van der Waals surface area contributed by atoms with Crippen LogP contribution in [-0.4, -0.2) is 45.2 Å². The summed E-state index contributed by atoms with van der Waals surface area (Å²) in [5.41, 5.74) is -1.03. The Morgan fingerprint density at radius 3 is 2.59 bits per heavy atom. The quantitative estimate of drug-likeness (QED) is 0.439. The van der Waals surface area contributed by atoms with E-state index in [1.165, 1.54) is 0 Å². The maximum absolute atomic E-state index is 11.4. The number of carbonyl (C=O) groups is 1. The van der Waals surface area contributed by atoms with Gasteiger partial charge in [-0.05, 0) is 0 Å². The summed E-state index contributed by atoms with van der Waals surface area (Å²) >= 11 is 0. The second-order valence-corrected chi connectivity index (χ2v) is 3.36. The van der Waals surface area contributed by atoms with Gasteiger partial charge in [-0.2, -0.15) is 0 Å². The Labute approximate surface area is 95.5 Å². The van der Waals surface area contributed by atoms with Gasteiger partial charge in [0.25, 0.3) is 11.1 Å². The van der Waals surface area contributed by atoms with E-state index in [-0.39, 0.29) is 6.54 Å². The van der Waals surface area contributed by atoms with E-state index < -0.39 is 36.3 Å². The number of aromatic nitrogens is 2. The molecule has 1 rings (SSSR count). The molecule has 0 aromatic carbocycles. The molecule has 1 amide bonds. The molecule has 0 fully saturated rings. The number of nitrogens with zero attached hydrogens (tertiary/aromatic N) is 1. The average molecular weight is 243 g/mol. The minimum atomic E-state index is -0.784. The molecule has 0 saturated carbocycles. The fraction of sp³-hybridized carbons (Fsp3) is 0.444. The summed E-state index contributed by atoms with van der Waals surface area (Å²) in [6.07, 6.45) is 0. The van der Waals surface area contributed by atoms with Crippen LogP contribution in [0.1, 0.15) is 0 Å². The fourth-order valence-electron chi connectivity index (χ4n) is 1.15. The number of aromatic amines is 1. The number of hydrogen-bond donors (Lipinski definition) is 4. The molecule has 0 aliphatic heterocycles. The summed E-state index contributed by atoms with van der Waals surface area (Å²) in [7, 11) is 0. The van der Waals surface area contributed by atoms with Crippen LogP contribution in [0.15, 0.2) is 21.7 Å². The van der Waals surface area contributed by atoms with Crippen LogP contribution >= 0.6 is 0 Å². The van der Waals surface area contributed by atoms with Crippen LogP contribution < -0.4 is 16.4 Å². The Morgan fingerprint density at radius 1 is 1.35 bits per heavy atom. The zero-order valence-electron chi connectivity index (χ0n) is 8.92. The number of H-pyrrole nitrogens is 1. The van der Waals surface area contributed by atoms with Gasteiger partial charge < -0.3 is 15.5 Å². The van der Waals surface area contributed by atoms with Gasteiger partial charge in [0, 0.05) is 12.1 Å². The van der Waals surface area contributed by atoms with Crippen molar-refractivity contribution in [2.45, 2.75) is 12.6 Å². The number of rotatable bonds is 5. The van der Waals surface area contributed by atoms with Crippen LogP contribution in [0.5, 0.6) is 0 Å². The predicted octanol–water partition coefficient (Wildman–Crippen LogP) is -2.99. The van der Waals surface area contributed by atoms with Gasteiger partial charge in [0.1, 0.15) is 6.54 Å². The van der Waals surface area contributed by atoms with Crippen molar-refractivity contribution in [3.05, 3.63) is 32.8 Å². The predicted molar refractivity (Wildman–Crippen MR) is 57.4 cm³/mol. The lowest BCUT2D eigenvalue weighted by Crippen LogP contribution is -2.43. The molecule has 1 aromatic heterocycles. The highest BCUT2D eigenvalue weighted by molar-refractivity contribution is 5.75. The third-order valence-electron chi connectivity index (χ3n) is 2.00. The summed E-state index contributed by atoms with van der Waals surface area (Å²) in [4.78, 5) is 33.6. The largest absolute Gasteiger partial charge is 0.394 e. The summed E-state index contributed by atoms with van der Waals surface area (Å²) in [6.45, 7) is -1.21. The lowest BCUT2D eigenvalue weighted by Gasteiger charge is -2.13. The van der Waals surface area contributed by atoms with Gasteiger partial charge in [0.2, 0.25) is 5.91 Å². The molecule has 0 aliphatic rings. The van der Waals surface area contributed by atoms with Crippen molar-refractivity contribution < 1.29 is 15.0 Å². The summed E-state index contributed by atoms with van der Waals surface area (Å²) in [5, 5.41) is 21.9. The van der Waals surface area contributed by atoms with Gasteiger partial charge >= 0.3 is 0 Å². The number of carbonyl (C=O) groups excluding carboxylic acids is 1. The number of aliphatic hydroxyl groups excluding tert-OH is 2. The maximum Gasteiger partial charge on any atom is 0.265 e. The standard InChI is InChI=1S/C9H13N3O5/c13-4-6(5-14)10-8(16)3-12-9(17)2-1-7(15)11-12/h1-2,6,13-14H,3-5H2,(H,10,16)(H,11,15). The molecule has 0 bridgehead atoms. The van der Waals surface area contributed by atoms with Gasteiger partial charge in [-0.15, -0.1) is 0 Å². The molecule has 8 heteroatoms. The average Bonchev–Trinajstić information content (AvgIpc) is 2.31. The third-order valence-corrected chi connectivity index (χ3v) is 2.00. The molecular weight excluding hydrogens is 230 g/mol. The van der Waals surface area contributed by atoms with Crippen LogP contribution in [0.2, 0.25) is 0 Å². The van der Waals surface area contributed by atoms with Crippen molar-refractivity contribution in [1.82, 2.24) is 15.1 Å². The van der Waals surface area contributed by atoms with Crippen LogP contribution in [-0.2, 0) is 11.3 Å². The zero-order chi connectivity index (χ0) is 12.8. The Balaban J connectivity index is 2.71. The fourth-order valence-corrected chi connectivity index (χ4v) is 1.15. The van der Waals surface area contributed by atoms with E-state index in [1.54, 1.807) is 0 Å². The summed E-state index contributed by atoms with van der Waals surface area (Å²) in [6, 6.07) is 1.32. The first-order chi connectivity index (χ1) is 8.06. The van der Waals surface area contributed by atoms with Gasteiger partial charge in [0.05, 0.1) is 19.3 Å². The third kappa shape index (κ3) is 3.85. The number of nitrogens with one attached hydrogen (secondary N) is 2. The molecule has 4 N–H and O–H groups in total. The van der Waals surface area contributed by atoms with E-state index in [4.69, 9.17) is 10.2 Å².